The lowest BCUT2D eigenvalue weighted by Crippen LogP contribution is -2.33. The predicted molar refractivity (Wildman–Crippen MR) is 73.6 cm³/mol. The van der Waals surface area contributed by atoms with Crippen molar-refractivity contribution in [3.8, 4) is 11.5 Å². The average molecular weight is 250 g/mol. The first-order chi connectivity index (χ1) is 8.83. The van der Waals surface area contributed by atoms with Gasteiger partial charge >= 0.3 is 0 Å². The van der Waals surface area contributed by atoms with Crippen molar-refractivity contribution >= 4 is 5.69 Å². The Balaban J connectivity index is 1.97. The van der Waals surface area contributed by atoms with Crippen LogP contribution in [0.25, 0.3) is 0 Å². The Bertz CT molecular complexity index is 376. The van der Waals surface area contributed by atoms with E-state index in [9.17, 15) is 0 Å². The molecule has 0 radical (unpaired) electrons. The molecule has 1 aliphatic heterocycles. The van der Waals surface area contributed by atoms with E-state index in [4.69, 9.17) is 9.47 Å². The molecule has 1 saturated heterocycles. The van der Waals surface area contributed by atoms with E-state index < -0.39 is 0 Å². The summed E-state index contributed by atoms with van der Waals surface area (Å²) in [5.74, 6) is 2.40. The van der Waals surface area contributed by atoms with Crippen molar-refractivity contribution in [1.29, 1.82) is 0 Å². The number of ether oxygens (including phenoxy) is 2. The highest BCUT2D eigenvalue weighted by Crippen LogP contribution is 2.29. The molecule has 2 rings (SSSR count). The summed E-state index contributed by atoms with van der Waals surface area (Å²) in [6.45, 7) is 3.22. The number of piperidine rings is 1. The topological polar surface area (TPSA) is 42.5 Å². The molecule has 1 atom stereocenters. The van der Waals surface area contributed by atoms with E-state index in [1.165, 1.54) is 12.8 Å². The number of benzene rings is 1. The molecule has 0 aliphatic carbocycles. The first-order valence-electron chi connectivity index (χ1n) is 6.50. The number of anilines is 1. The molecule has 0 amide bonds. The van der Waals surface area contributed by atoms with Gasteiger partial charge in [-0.05, 0) is 44.0 Å². The van der Waals surface area contributed by atoms with Gasteiger partial charge in [0.2, 0.25) is 0 Å². The molecule has 1 fully saturated rings. The van der Waals surface area contributed by atoms with Crippen LogP contribution in [0.4, 0.5) is 5.69 Å². The minimum atomic E-state index is 0.689. The van der Waals surface area contributed by atoms with Crippen LogP contribution in [0, 0.1) is 5.92 Å². The molecule has 4 heteroatoms. The highest BCUT2D eigenvalue weighted by molar-refractivity contribution is 5.59. The van der Waals surface area contributed by atoms with E-state index in [1.54, 1.807) is 14.2 Å². The van der Waals surface area contributed by atoms with Crippen molar-refractivity contribution in [3.05, 3.63) is 18.2 Å². The summed E-state index contributed by atoms with van der Waals surface area (Å²) < 4.78 is 10.6. The zero-order valence-electron chi connectivity index (χ0n) is 11.2. The van der Waals surface area contributed by atoms with Gasteiger partial charge in [0.25, 0.3) is 0 Å². The van der Waals surface area contributed by atoms with Crippen LogP contribution in [0.5, 0.6) is 11.5 Å². The quantitative estimate of drug-likeness (QED) is 0.840. The highest BCUT2D eigenvalue weighted by atomic mass is 16.5. The van der Waals surface area contributed by atoms with Gasteiger partial charge in [-0.3, -0.25) is 0 Å². The molecule has 4 nitrogen and oxygen atoms in total. The van der Waals surface area contributed by atoms with Gasteiger partial charge in [0.15, 0.2) is 0 Å². The summed E-state index contributed by atoms with van der Waals surface area (Å²) in [5.41, 5.74) is 1.00. The van der Waals surface area contributed by atoms with Gasteiger partial charge in [-0.2, -0.15) is 0 Å². The smallest absolute Gasteiger partial charge is 0.142 e. The van der Waals surface area contributed by atoms with Crippen LogP contribution in [0.3, 0.4) is 0 Å². The fourth-order valence-electron chi connectivity index (χ4n) is 2.30. The molecule has 1 aromatic rings. The standard InChI is InChI=1S/C14H22N2O2/c1-17-12-5-6-14(18-2)13(8-12)16-10-11-4-3-7-15-9-11/h5-6,8,11,15-16H,3-4,7,9-10H2,1-2H3. The zero-order chi connectivity index (χ0) is 12.8. The Morgan fingerprint density at radius 1 is 1.33 bits per heavy atom. The molecule has 18 heavy (non-hydrogen) atoms. The van der Waals surface area contributed by atoms with E-state index in [-0.39, 0.29) is 0 Å². The Morgan fingerprint density at radius 2 is 2.22 bits per heavy atom. The van der Waals surface area contributed by atoms with Gasteiger partial charge in [-0.1, -0.05) is 0 Å². The average Bonchev–Trinajstić information content (AvgIpc) is 2.45. The summed E-state index contributed by atoms with van der Waals surface area (Å²) in [7, 11) is 3.37. The lowest BCUT2D eigenvalue weighted by atomic mass is 10.00. The maximum Gasteiger partial charge on any atom is 0.142 e. The van der Waals surface area contributed by atoms with Gasteiger partial charge < -0.3 is 20.1 Å². The molecule has 0 aromatic heterocycles. The highest BCUT2D eigenvalue weighted by Gasteiger charge is 2.13. The maximum atomic E-state index is 5.35. The van der Waals surface area contributed by atoms with Gasteiger partial charge in [0.05, 0.1) is 19.9 Å². The summed E-state index contributed by atoms with van der Waals surface area (Å²) in [4.78, 5) is 0. The Kier molecular flexibility index (Phi) is 4.70. The van der Waals surface area contributed by atoms with Crippen molar-refractivity contribution in [2.45, 2.75) is 12.8 Å². The third kappa shape index (κ3) is 3.29. The first kappa shape index (κ1) is 13.0. The third-order valence-electron chi connectivity index (χ3n) is 3.39. The second-order valence-electron chi connectivity index (χ2n) is 4.66. The third-order valence-corrected chi connectivity index (χ3v) is 3.39. The minimum absolute atomic E-state index is 0.689. The molecule has 0 bridgehead atoms. The molecule has 0 spiro atoms. The zero-order valence-corrected chi connectivity index (χ0v) is 11.2. The monoisotopic (exact) mass is 250 g/mol. The second-order valence-corrected chi connectivity index (χ2v) is 4.66. The Morgan fingerprint density at radius 3 is 2.89 bits per heavy atom. The van der Waals surface area contributed by atoms with Gasteiger partial charge in [-0.25, -0.2) is 0 Å². The van der Waals surface area contributed by atoms with E-state index in [0.717, 1.165) is 36.8 Å². The van der Waals surface area contributed by atoms with Crippen LogP contribution in [-0.2, 0) is 0 Å². The van der Waals surface area contributed by atoms with Crippen molar-refractivity contribution in [2.24, 2.45) is 5.92 Å². The fourth-order valence-corrected chi connectivity index (χ4v) is 2.30. The van der Waals surface area contributed by atoms with Crippen LogP contribution in [0.15, 0.2) is 18.2 Å². The van der Waals surface area contributed by atoms with Crippen molar-refractivity contribution in [3.63, 3.8) is 0 Å². The molecular weight excluding hydrogens is 228 g/mol. The molecule has 1 heterocycles. The summed E-state index contributed by atoms with van der Waals surface area (Å²) in [6.07, 6.45) is 2.55. The summed E-state index contributed by atoms with van der Waals surface area (Å²) in [6, 6.07) is 5.82. The number of hydrogen-bond acceptors (Lipinski definition) is 4. The van der Waals surface area contributed by atoms with Gasteiger partial charge in [-0.15, -0.1) is 0 Å². The first-order valence-corrected chi connectivity index (χ1v) is 6.50. The molecule has 100 valence electrons. The molecule has 0 saturated carbocycles. The SMILES string of the molecule is COc1ccc(OC)c(NCC2CCCNC2)c1. The number of nitrogens with one attached hydrogen (secondary N) is 2. The Labute approximate surface area is 109 Å². The van der Waals surface area contributed by atoms with Crippen molar-refractivity contribution < 1.29 is 9.47 Å². The maximum absolute atomic E-state index is 5.35. The largest absolute Gasteiger partial charge is 0.497 e. The van der Waals surface area contributed by atoms with Gasteiger partial charge in [0, 0.05) is 12.6 Å². The summed E-state index contributed by atoms with van der Waals surface area (Å²) in [5, 5.41) is 6.89. The minimum Gasteiger partial charge on any atom is -0.497 e. The molecule has 1 unspecified atom stereocenters. The number of methoxy groups -OCH3 is 2. The van der Waals surface area contributed by atoms with Crippen molar-refractivity contribution in [1.82, 2.24) is 5.32 Å². The summed E-state index contributed by atoms with van der Waals surface area (Å²) >= 11 is 0. The van der Waals surface area contributed by atoms with E-state index in [0.29, 0.717) is 5.92 Å². The molecular formula is C14H22N2O2. The predicted octanol–water partition coefficient (Wildman–Crippen LogP) is 2.12. The van der Waals surface area contributed by atoms with Crippen LogP contribution < -0.4 is 20.1 Å². The van der Waals surface area contributed by atoms with Crippen molar-refractivity contribution in [2.75, 3.05) is 39.2 Å². The van der Waals surface area contributed by atoms with Crippen LogP contribution in [0.2, 0.25) is 0 Å². The second kappa shape index (κ2) is 6.50. The van der Waals surface area contributed by atoms with Gasteiger partial charge in [0.1, 0.15) is 11.5 Å². The fraction of sp³-hybridized carbons (Fsp3) is 0.571. The van der Waals surface area contributed by atoms with E-state index in [1.807, 2.05) is 18.2 Å². The van der Waals surface area contributed by atoms with Crippen LogP contribution >= 0.6 is 0 Å². The lowest BCUT2D eigenvalue weighted by Gasteiger charge is -2.24. The molecule has 2 N–H and O–H groups in total. The Hall–Kier alpha value is -1.42. The van der Waals surface area contributed by atoms with Crippen LogP contribution in [-0.4, -0.2) is 33.9 Å². The normalized spacial score (nSPS) is 19.3. The number of hydrogen-bond donors (Lipinski definition) is 2. The lowest BCUT2D eigenvalue weighted by molar-refractivity contribution is 0.389. The van der Waals surface area contributed by atoms with Crippen LogP contribution in [0.1, 0.15) is 12.8 Å². The molecule has 1 aromatic carbocycles. The van der Waals surface area contributed by atoms with E-state index in [2.05, 4.69) is 10.6 Å². The number of rotatable bonds is 5. The van der Waals surface area contributed by atoms with E-state index >= 15 is 0 Å². The molecule has 1 aliphatic rings.